The standard InChI is InChI=1S/C10H13N3O2S3/c11-7-8-9(2-5-16-8)18(14,15)13-3-1-10-12-4-6-17-10/h2,4-6,13H,1,3,7,11H2. The number of hydrogen-bond donors (Lipinski definition) is 2. The fraction of sp³-hybridized carbons (Fsp3) is 0.300. The van der Waals surface area contributed by atoms with Gasteiger partial charge in [-0.3, -0.25) is 0 Å². The molecule has 0 aromatic carbocycles. The van der Waals surface area contributed by atoms with Crippen molar-refractivity contribution < 1.29 is 8.42 Å². The van der Waals surface area contributed by atoms with Gasteiger partial charge in [0.25, 0.3) is 0 Å². The van der Waals surface area contributed by atoms with Crippen LogP contribution in [0.5, 0.6) is 0 Å². The summed E-state index contributed by atoms with van der Waals surface area (Å²) in [4.78, 5) is 5.06. The number of rotatable bonds is 6. The van der Waals surface area contributed by atoms with E-state index in [4.69, 9.17) is 5.73 Å². The molecule has 2 aromatic heterocycles. The van der Waals surface area contributed by atoms with Gasteiger partial charge in [0, 0.05) is 36.0 Å². The Morgan fingerprint density at radius 3 is 2.83 bits per heavy atom. The third-order valence-electron chi connectivity index (χ3n) is 2.29. The van der Waals surface area contributed by atoms with Gasteiger partial charge in [0.2, 0.25) is 10.0 Å². The summed E-state index contributed by atoms with van der Waals surface area (Å²) in [6.07, 6.45) is 2.30. The van der Waals surface area contributed by atoms with Crippen LogP contribution in [0.15, 0.2) is 27.9 Å². The Labute approximate surface area is 114 Å². The molecule has 3 N–H and O–H groups in total. The summed E-state index contributed by atoms with van der Waals surface area (Å²) in [5, 5.41) is 4.52. The van der Waals surface area contributed by atoms with Crippen molar-refractivity contribution in [2.24, 2.45) is 5.73 Å². The lowest BCUT2D eigenvalue weighted by molar-refractivity contribution is 0.581. The fourth-order valence-corrected chi connectivity index (χ4v) is 4.45. The Kier molecular flexibility index (Phi) is 4.46. The molecule has 5 nitrogen and oxygen atoms in total. The summed E-state index contributed by atoms with van der Waals surface area (Å²) < 4.78 is 26.6. The molecule has 0 unspecified atom stereocenters. The number of sulfonamides is 1. The Morgan fingerprint density at radius 1 is 1.33 bits per heavy atom. The van der Waals surface area contributed by atoms with Crippen LogP contribution in [0.25, 0.3) is 0 Å². The number of nitrogens with zero attached hydrogens (tertiary/aromatic N) is 1. The molecule has 0 spiro atoms. The van der Waals surface area contributed by atoms with E-state index < -0.39 is 10.0 Å². The molecule has 0 atom stereocenters. The van der Waals surface area contributed by atoms with Crippen LogP contribution >= 0.6 is 22.7 Å². The second kappa shape index (κ2) is 5.89. The second-order valence-corrected chi connectivity index (χ2v) is 7.20. The number of nitrogens with one attached hydrogen (secondary N) is 1. The Morgan fingerprint density at radius 2 is 2.17 bits per heavy atom. The molecule has 2 heterocycles. The molecule has 0 aliphatic heterocycles. The fourth-order valence-electron chi connectivity index (χ4n) is 1.46. The predicted octanol–water partition coefficient (Wildman–Crippen LogP) is 1.18. The summed E-state index contributed by atoms with van der Waals surface area (Å²) in [6, 6.07) is 1.58. The minimum atomic E-state index is -3.46. The molecule has 0 radical (unpaired) electrons. The topological polar surface area (TPSA) is 85.1 Å². The van der Waals surface area contributed by atoms with Crippen molar-refractivity contribution >= 4 is 32.7 Å². The molecule has 0 amide bonds. The maximum Gasteiger partial charge on any atom is 0.241 e. The van der Waals surface area contributed by atoms with Gasteiger partial charge in [-0.25, -0.2) is 18.1 Å². The quantitative estimate of drug-likeness (QED) is 0.839. The molecule has 2 aromatic rings. The minimum absolute atomic E-state index is 0.236. The molecular formula is C10H13N3O2S3. The van der Waals surface area contributed by atoms with E-state index in [2.05, 4.69) is 9.71 Å². The highest BCUT2D eigenvalue weighted by molar-refractivity contribution is 7.89. The van der Waals surface area contributed by atoms with Crippen LogP contribution in [-0.2, 0) is 23.0 Å². The molecule has 8 heteroatoms. The lowest BCUT2D eigenvalue weighted by Crippen LogP contribution is -2.26. The van der Waals surface area contributed by atoms with Crippen molar-refractivity contribution in [3.05, 3.63) is 32.9 Å². The van der Waals surface area contributed by atoms with Crippen LogP contribution < -0.4 is 10.5 Å². The summed E-state index contributed by atoms with van der Waals surface area (Å²) in [5.74, 6) is 0. The second-order valence-electron chi connectivity index (χ2n) is 3.49. The van der Waals surface area contributed by atoms with Crippen molar-refractivity contribution in [3.8, 4) is 0 Å². The first-order chi connectivity index (χ1) is 8.63. The molecule has 2 rings (SSSR count). The van der Waals surface area contributed by atoms with E-state index in [1.807, 2.05) is 5.38 Å². The van der Waals surface area contributed by atoms with Gasteiger partial charge >= 0.3 is 0 Å². The van der Waals surface area contributed by atoms with Crippen LogP contribution in [0.2, 0.25) is 0 Å². The lowest BCUT2D eigenvalue weighted by Gasteiger charge is -2.05. The highest BCUT2D eigenvalue weighted by Gasteiger charge is 2.18. The Hall–Kier alpha value is -0.800. The van der Waals surface area contributed by atoms with E-state index in [1.165, 1.54) is 22.7 Å². The number of thiazole rings is 1. The third kappa shape index (κ3) is 3.15. The van der Waals surface area contributed by atoms with E-state index in [0.717, 1.165) is 5.01 Å². The normalized spacial score (nSPS) is 11.8. The minimum Gasteiger partial charge on any atom is -0.326 e. The highest BCUT2D eigenvalue weighted by atomic mass is 32.2. The van der Waals surface area contributed by atoms with Crippen molar-refractivity contribution in [2.45, 2.75) is 17.9 Å². The lowest BCUT2D eigenvalue weighted by atomic mass is 10.5. The van der Waals surface area contributed by atoms with E-state index in [-0.39, 0.29) is 11.4 Å². The maximum atomic E-state index is 12.0. The average Bonchev–Trinajstić information content (AvgIpc) is 2.99. The van der Waals surface area contributed by atoms with Crippen LogP contribution in [0.4, 0.5) is 0 Å². The first-order valence-corrected chi connectivity index (χ1v) is 8.52. The van der Waals surface area contributed by atoms with Gasteiger partial charge in [0.15, 0.2) is 0 Å². The largest absolute Gasteiger partial charge is 0.326 e. The first kappa shape index (κ1) is 13.6. The van der Waals surface area contributed by atoms with Gasteiger partial charge in [0.1, 0.15) is 0 Å². The van der Waals surface area contributed by atoms with Gasteiger partial charge in [-0.15, -0.1) is 22.7 Å². The van der Waals surface area contributed by atoms with Crippen LogP contribution in [0, 0.1) is 0 Å². The molecule has 0 bridgehead atoms. The Bertz CT molecular complexity index is 590. The smallest absolute Gasteiger partial charge is 0.241 e. The van der Waals surface area contributed by atoms with E-state index in [9.17, 15) is 8.42 Å². The molecular weight excluding hydrogens is 290 g/mol. The molecule has 0 saturated carbocycles. The van der Waals surface area contributed by atoms with E-state index >= 15 is 0 Å². The van der Waals surface area contributed by atoms with Crippen molar-refractivity contribution in [1.29, 1.82) is 0 Å². The van der Waals surface area contributed by atoms with Crippen LogP contribution in [-0.4, -0.2) is 19.9 Å². The van der Waals surface area contributed by atoms with Gasteiger partial charge in [-0.2, -0.15) is 0 Å². The van der Waals surface area contributed by atoms with Crippen LogP contribution in [0.1, 0.15) is 9.88 Å². The highest BCUT2D eigenvalue weighted by Crippen LogP contribution is 2.21. The zero-order chi connectivity index (χ0) is 13.0. The maximum absolute atomic E-state index is 12.0. The number of thiophene rings is 1. The van der Waals surface area contributed by atoms with Crippen molar-refractivity contribution in [2.75, 3.05) is 6.54 Å². The molecule has 0 saturated heterocycles. The average molecular weight is 303 g/mol. The molecule has 0 aliphatic carbocycles. The van der Waals surface area contributed by atoms with Crippen molar-refractivity contribution in [1.82, 2.24) is 9.71 Å². The number of nitrogens with two attached hydrogens (primary N) is 1. The van der Waals surface area contributed by atoms with E-state index in [0.29, 0.717) is 17.8 Å². The van der Waals surface area contributed by atoms with Gasteiger partial charge in [-0.05, 0) is 11.4 Å². The van der Waals surface area contributed by atoms with E-state index in [1.54, 1.807) is 17.6 Å². The van der Waals surface area contributed by atoms with Gasteiger partial charge in [-0.1, -0.05) is 0 Å². The number of hydrogen-bond acceptors (Lipinski definition) is 6. The monoisotopic (exact) mass is 303 g/mol. The first-order valence-electron chi connectivity index (χ1n) is 5.28. The summed E-state index contributed by atoms with van der Waals surface area (Å²) in [6.45, 7) is 0.579. The summed E-state index contributed by atoms with van der Waals surface area (Å²) >= 11 is 2.87. The summed E-state index contributed by atoms with van der Waals surface area (Å²) in [5.41, 5.74) is 5.51. The van der Waals surface area contributed by atoms with Gasteiger partial charge < -0.3 is 5.73 Å². The molecule has 18 heavy (non-hydrogen) atoms. The SMILES string of the molecule is NCc1sccc1S(=O)(=O)NCCc1nccs1. The van der Waals surface area contributed by atoms with Crippen LogP contribution in [0.3, 0.4) is 0 Å². The molecule has 0 fully saturated rings. The number of aromatic nitrogens is 1. The summed E-state index contributed by atoms with van der Waals surface area (Å²) in [7, 11) is -3.46. The van der Waals surface area contributed by atoms with Gasteiger partial charge in [0.05, 0.1) is 9.90 Å². The predicted molar refractivity (Wildman–Crippen MR) is 73.2 cm³/mol. The molecule has 98 valence electrons. The molecule has 0 aliphatic rings. The Balaban J connectivity index is 1.99. The third-order valence-corrected chi connectivity index (χ3v) is 5.75. The zero-order valence-corrected chi connectivity index (χ0v) is 11.9. The van der Waals surface area contributed by atoms with Crippen molar-refractivity contribution in [3.63, 3.8) is 0 Å². The zero-order valence-electron chi connectivity index (χ0n) is 9.50.